The van der Waals surface area contributed by atoms with Crippen LogP contribution in [0.1, 0.15) is 30.4 Å². The van der Waals surface area contributed by atoms with Gasteiger partial charge in [0.15, 0.2) is 0 Å². The van der Waals surface area contributed by atoms with Crippen molar-refractivity contribution in [2.75, 3.05) is 27.7 Å². The standard InChI is InChI=1S/C15H22N2OS/c1-10(17(2)3)7-11-9-16-15(19)13-6-5-12(18-4)8-14(11)13/h5-6,8,10-11H,7,9H2,1-4H3,(H,16,19). The van der Waals surface area contributed by atoms with Crippen molar-refractivity contribution in [3.05, 3.63) is 29.3 Å². The molecule has 0 aromatic heterocycles. The molecule has 0 radical (unpaired) electrons. The summed E-state index contributed by atoms with van der Waals surface area (Å²) in [7, 11) is 5.95. The lowest BCUT2D eigenvalue weighted by molar-refractivity contribution is 0.282. The molecular formula is C15H22N2OS. The summed E-state index contributed by atoms with van der Waals surface area (Å²) in [6.07, 6.45) is 1.11. The van der Waals surface area contributed by atoms with Gasteiger partial charge in [0.05, 0.1) is 7.11 Å². The minimum atomic E-state index is 0.481. The van der Waals surface area contributed by atoms with Gasteiger partial charge in [-0.25, -0.2) is 0 Å². The van der Waals surface area contributed by atoms with Crippen molar-refractivity contribution in [1.29, 1.82) is 0 Å². The smallest absolute Gasteiger partial charge is 0.119 e. The van der Waals surface area contributed by atoms with Crippen molar-refractivity contribution in [2.24, 2.45) is 0 Å². The highest BCUT2D eigenvalue weighted by Crippen LogP contribution is 2.31. The Hall–Kier alpha value is -1.13. The van der Waals surface area contributed by atoms with E-state index in [1.165, 1.54) is 5.56 Å². The van der Waals surface area contributed by atoms with E-state index in [1.54, 1.807) is 7.11 Å². The van der Waals surface area contributed by atoms with E-state index in [0.717, 1.165) is 29.3 Å². The summed E-state index contributed by atoms with van der Waals surface area (Å²) in [5.41, 5.74) is 2.47. The fourth-order valence-corrected chi connectivity index (χ4v) is 2.74. The van der Waals surface area contributed by atoms with E-state index >= 15 is 0 Å². The predicted octanol–water partition coefficient (Wildman–Crippen LogP) is 2.40. The first-order valence-electron chi connectivity index (χ1n) is 6.65. The molecule has 104 valence electrons. The van der Waals surface area contributed by atoms with E-state index in [4.69, 9.17) is 17.0 Å². The van der Waals surface area contributed by atoms with Crippen molar-refractivity contribution in [3.8, 4) is 5.75 Å². The number of rotatable bonds is 4. The molecule has 1 N–H and O–H groups in total. The molecule has 0 spiro atoms. The van der Waals surface area contributed by atoms with Crippen LogP contribution in [-0.4, -0.2) is 43.7 Å². The van der Waals surface area contributed by atoms with E-state index in [0.29, 0.717) is 12.0 Å². The first-order valence-corrected chi connectivity index (χ1v) is 7.06. The molecule has 1 heterocycles. The number of hydrogen-bond donors (Lipinski definition) is 1. The highest BCUT2D eigenvalue weighted by Gasteiger charge is 2.25. The van der Waals surface area contributed by atoms with Crippen molar-refractivity contribution >= 4 is 17.2 Å². The summed E-state index contributed by atoms with van der Waals surface area (Å²) in [6.45, 7) is 3.17. The van der Waals surface area contributed by atoms with Crippen LogP contribution in [0.25, 0.3) is 0 Å². The van der Waals surface area contributed by atoms with E-state index < -0.39 is 0 Å². The minimum absolute atomic E-state index is 0.481. The number of nitrogens with one attached hydrogen (secondary N) is 1. The minimum Gasteiger partial charge on any atom is -0.497 e. The molecule has 1 aromatic carbocycles. The van der Waals surface area contributed by atoms with Gasteiger partial charge in [0.25, 0.3) is 0 Å². The first-order chi connectivity index (χ1) is 9.02. The lowest BCUT2D eigenvalue weighted by atomic mass is 9.86. The summed E-state index contributed by atoms with van der Waals surface area (Å²) >= 11 is 5.40. The molecule has 4 heteroatoms. The van der Waals surface area contributed by atoms with Crippen LogP contribution in [0.5, 0.6) is 5.75 Å². The number of benzene rings is 1. The number of hydrogen-bond acceptors (Lipinski definition) is 3. The third kappa shape index (κ3) is 3.07. The maximum absolute atomic E-state index is 5.40. The van der Waals surface area contributed by atoms with Crippen LogP contribution in [0.2, 0.25) is 0 Å². The number of ether oxygens (including phenoxy) is 1. The summed E-state index contributed by atoms with van der Waals surface area (Å²) in [6, 6.07) is 6.72. The van der Waals surface area contributed by atoms with Crippen LogP contribution < -0.4 is 10.1 Å². The number of thiocarbonyl (C=S) groups is 1. The number of fused-ring (bicyclic) bond motifs is 1. The second-order valence-electron chi connectivity index (χ2n) is 5.41. The molecule has 19 heavy (non-hydrogen) atoms. The second kappa shape index (κ2) is 5.88. The van der Waals surface area contributed by atoms with Crippen LogP contribution >= 0.6 is 12.2 Å². The van der Waals surface area contributed by atoms with E-state index in [-0.39, 0.29) is 0 Å². The van der Waals surface area contributed by atoms with Gasteiger partial charge in [0, 0.05) is 24.1 Å². The van der Waals surface area contributed by atoms with E-state index in [9.17, 15) is 0 Å². The quantitative estimate of drug-likeness (QED) is 0.855. The van der Waals surface area contributed by atoms with Crippen LogP contribution in [0.15, 0.2) is 18.2 Å². The largest absolute Gasteiger partial charge is 0.497 e. The molecule has 0 saturated carbocycles. The molecule has 2 atom stereocenters. The maximum Gasteiger partial charge on any atom is 0.119 e. The number of nitrogens with zero attached hydrogens (tertiary/aromatic N) is 1. The molecular weight excluding hydrogens is 256 g/mol. The lowest BCUT2D eigenvalue weighted by Crippen LogP contribution is -2.37. The Morgan fingerprint density at radius 3 is 2.84 bits per heavy atom. The Kier molecular flexibility index (Phi) is 4.42. The Morgan fingerprint density at radius 2 is 2.21 bits per heavy atom. The number of methoxy groups -OCH3 is 1. The molecule has 1 aliphatic heterocycles. The van der Waals surface area contributed by atoms with Gasteiger partial charge in [-0.05, 0) is 51.2 Å². The van der Waals surface area contributed by atoms with Crippen molar-refractivity contribution in [3.63, 3.8) is 0 Å². The van der Waals surface area contributed by atoms with Gasteiger partial charge in [-0.1, -0.05) is 12.2 Å². The maximum atomic E-state index is 5.40. The molecule has 1 aromatic rings. The normalized spacial score (nSPS) is 19.8. The van der Waals surface area contributed by atoms with Gasteiger partial charge in [-0.2, -0.15) is 0 Å². The SMILES string of the molecule is COc1ccc2c(c1)C(CC(C)N(C)C)CNC2=S. The van der Waals surface area contributed by atoms with Gasteiger partial charge in [0.2, 0.25) is 0 Å². The fraction of sp³-hybridized carbons (Fsp3) is 0.533. The molecule has 1 aliphatic rings. The molecule has 0 aliphatic carbocycles. The summed E-state index contributed by atoms with van der Waals surface area (Å²) < 4.78 is 5.34. The Labute approximate surface area is 120 Å². The third-order valence-corrected chi connectivity index (χ3v) is 4.32. The van der Waals surface area contributed by atoms with Crippen molar-refractivity contribution in [2.45, 2.75) is 25.3 Å². The summed E-state index contributed by atoms with van der Waals surface area (Å²) in [5.74, 6) is 1.39. The van der Waals surface area contributed by atoms with Crippen molar-refractivity contribution in [1.82, 2.24) is 10.2 Å². The molecule has 0 fully saturated rings. The molecule has 0 bridgehead atoms. The van der Waals surface area contributed by atoms with E-state index in [2.05, 4.69) is 43.4 Å². The molecule has 3 nitrogen and oxygen atoms in total. The fourth-order valence-electron chi connectivity index (χ4n) is 2.47. The Bertz CT molecular complexity index is 473. The average molecular weight is 278 g/mol. The zero-order valence-corrected chi connectivity index (χ0v) is 12.9. The predicted molar refractivity (Wildman–Crippen MR) is 83.2 cm³/mol. The van der Waals surface area contributed by atoms with Crippen LogP contribution in [-0.2, 0) is 0 Å². The summed E-state index contributed by atoms with van der Waals surface area (Å²) in [4.78, 5) is 3.11. The molecule has 0 saturated heterocycles. The second-order valence-corrected chi connectivity index (χ2v) is 5.82. The van der Waals surface area contributed by atoms with Gasteiger partial charge in [-0.15, -0.1) is 0 Å². The third-order valence-electron chi connectivity index (χ3n) is 3.96. The molecule has 2 unspecified atom stereocenters. The van der Waals surface area contributed by atoms with Crippen LogP contribution in [0, 0.1) is 0 Å². The van der Waals surface area contributed by atoms with Gasteiger partial charge >= 0.3 is 0 Å². The zero-order chi connectivity index (χ0) is 14.0. The molecule has 0 amide bonds. The topological polar surface area (TPSA) is 24.5 Å². The van der Waals surface area contributed by atoms with E-state index in [1.807, 2.05) is 6.07 Å². The highest BCUT2D eigenvalue weighted by atomic mass is 32.1. The first kappa shape index (κ1) is 14.3. The van der Waals surface area contributed by atoms with Crippen LogP contribution in [0.3, 0.4) is 0 Å². The average Bonchev–Trinajstić information content (AvgIpc) is 2.41. The Balaban J connectivity index is 2.29. The summed E-state index contributed by atoms with van der Waals surface area (Å²) in [5, 5.41) is 3.34. The lowest BCUT2D eigenvalue weighted by Gasteiger charge is -2.31. The monoisotopic (exact) mass is 278 g/mol. The highest BCUT2D eigenvalue weighted by molar-refractivity contribution is 7.80. The zero-order valence-electron chi connectivity index (χ0n) is 12.1. The van der Waals surface area contributed by atoms with Crippen molar-refractivity contribution < 1.29 is 4.74 Å². The van der Waals surface area contributed by atoms with Gasteiger partial charge in [-0.3, -0.25) is 0 Å². The molecule has 2 rings (SSSR count). The van der Waals surface area contributed by atoms with Crippen LogP contribution in [0.4, 0.5) is 0 Å². The Morgan fingerprint density at radius 1 is 1.47 bits per heavy atom. The van der Waals surface area contributed by atoms with Gasteiger partial charge < -0.3 is 15.0 Å². The van der Waals surface area contributed by atoms with Gasteiger partial charge in [0.1, 0.15) is 10.7 Å².